The number of benzene rings is 3. The minimum atomic E-state index is -0.716. The highest BCUT2D eigenvalue weighted by Gasteiger charge is 2.28. The maximum absolute atomic E-state index is 12.8. The Morgan fingerprint density at radius 2 is 1.61 bits per heavy atom. The number of aryl methyl sites for hydroxylation is 1. The van der Waals surface area contributed by atoms with E-state index in [1.54, 1.807) is 6.07 Å². The Balaban J connectivity index is 1.34. The Kier molecular flexibility index (Phi) is 6.09. The SMILES string of the molecule is CCCc1sc(NC(=O)C2COc3ccccc3O2)nc1-c1ccc(-c2ccccc2)cc1. The summed E-state index contributed by atoms with van der Waals surface area (Å²) in [5, 5.41) is 3.51. The summed E-state index contributed by atoms with van der Waals surface area (Å²) < 4.78 is 11.5. The zero-order valence-corrected chi connectivity index (χ0v) is 19.1. The average Bonchev–Trinajstić information content (AvgIpc) is 3.26. The largest absolute Gasteiger partial charge is 0.485 e. The predicted molar refractivity (Wildman–Crippen MR) is 132 cm³/mol. The van der Waals surface area contributed by atoms with Crippen molar-refractivity contribution in [2.75, 3.05) is 11.9 Å². The van der Waals surface area contributed by atoms with Gasteiger partial charge in [0.15, 0.2) is 16.6 Å². The minimum absolute atomic E-state index is 0.170. The van der Waals surface area contributed by atoms with Gasteiger partial charge in [-0.2, -0.15) is 0 Å². The molecule has 1 unspecified atom stereocenters. The molecule has 2 heterocycles. The molecule has 0 saturated heterocycles. The van der Waals surface area contributed by atoms with Crippen LogP contribution in [0, 0.1) is 0 Å². The zero-order chi connectivity index (χ0) is 22.6. The zero-order valence-electron chi connectivity index (χ0n) is 18.3. The topological polar surface area (TPSA) is 60.5 Å². The third-order valence-electron chi connectivity index (χ3n) is 5.47. The van der Waals surface area contributed by atoms with Gasteiger partial charge in [-0.25, -0.2) is 4.98 Å². The van der Waals surface area contributed by atoms with Crippen molar-refractivity contribution in [3.8, 4) is 33.9 Å². The molecule has 6 heteroatoms. The van der Waals surface area contributed by atoms with Crippen LogP contribution in [-0.2, 0) is 11.2 Å². The maximum Gasteiger partial charge on any atom is 0.270 e. The molecule has 0 fully saturated rings. The Hall–Kier alpha value is -3.64. The van der Waals surface area contributed by atoms with Gasteiger partial charge in [0.05, 0.1) is 5.69 Å². The van der Waals surface area contributed by atoms with E-state index in [0.717, 1.165) is 34.5 Å². The summed E-state index contributed by atoms with van der Waals surface area (Å²) in [6, 6.07) is 26.1. The second kappa shape index (κ2) is 9.46. The molecular formula is C27H24N2O3S. The number of hydrogen-bond donors (Lipinski definition) is 1. The first kappa shape index (κ1) is 21.2. The van der Waals surface area contributed by atoms with Crippen molar-refractivity contribution in [1.82, 2.24) is 4.98 Å². The summed E-state index contributed by atoms with van der Waals surface area (Å²) in [4.78, 5) is 18.8. The molecule has 0 spiro atoms. The third-order valence-corrected chi connectivity index (χ3v) is 6.50. The number of thiazole rings is 1. The van der Waals surface area contributed by atoms with Gasteiger partial charge in [0, 0.05) is 10.4 Å². The summed E-state index contributed by atoms with van der Waals surface area (Å²) in [5.41, 5.74) is 4.30. The van der Waals surface area contributed by atoms with Crippen LogP contribution in [0.4, 0.5) is 5.13 Å². The summed E-state index contributed by atoms with van der Waals surface area (Å²) in [5.74, 6) is 0.975. The minimum Gasteiger partial charge on any atom is -0.485 e. The second-order valence-electron chi connectivity index (χ2n) is 7.84. The molecule has 1 aromatic heterocycles. The highest BCUT2D eigenvalue weighted by atomic mass is 32.1. The molecule has 5 nitrogen and oxygen atoms in total. The fraction of sp³-hybridized carbons (Fsp3) is 0.185. The standard InChI is InChI=1S/C27H24N2O3S/c1-2-8-24-25(20-15-13-19(14-16-20)18-9-4-3-5-10-18)28-27(33-24)29-26(30)23-17-31-21-11-6-7-12-22(21)32-23/h3-7,9-16,23H,2,8,17H2,1H3,(H,28,29,30). The lowest BCUT2D eigenvalue weighted by atomic mass is 10.0. The van der Waals surface area contributed by atoms with E-state index in [1.807, 2.05) is 36.4 Å². The number of nitrogens with zero attached hydrogens (tertiary/aromatic N) is 1. The van der Waals surface area contributed by atoms with Crippen LogP contribution in [0.15, 0.2) is 78.9 Å². The number of amides is 1. The van der Waals surface area contributed by atoms with Crippen molar-refractivity contribution < 1.29 is 14.3 Å². The number of fused-ring (bicyclic) bond motifs is 1. The molecule has 5 rings (SSSR count). The highest BCUT2D eigenvalue weighted by Crippen LogP contribution is 2.34. The van der Waals surface area contributed by atoms with Gasteiger partial charge in [-0.1, -0.05) is 80.1 Å². The summed E-state index contributed by atoms with van der Waals surface area (Å²) in [6.45, 7) is 2.31. The van der Waals surface area contributed by atoms with Crippen molar-refractivity contribution >= 4 is 22.4 Å². The normalized spacial score (nSPS) is 14.6. The molecule has 0 aliphatic carbocycles. The van der Waals surface area contributed by atoms with Crippen LogP contribution in [0.3, 0.4) is 0 Å². The molecule has 1 aliphatic heterocycles. The van der Waals surface area contributed by atoms with Gasteiger partial charge in [-0.15, -0.1) is 11.3 Å². The van der Waals surface area contributed by atoms with Gasteiger partial charge in [0.2, 0.25) is 6.10 Å². The lowest BCUT2D eigenvalue weighted by molar-refractivity contribution is -0.125. The number of anilines is 1. The number of nitrogens with one attached hydrogen (secondary N) is 1. The van der Waals surface area contributed by atoms with Crippen molar-refractivity contribution in [1.29, 1.82) is 0 Å². The number of rotatable bonds is 6. The maximum atomic E-state index is 12.8. The predicted octanol–water partition coefficient (Wildman–Crippen LogP) is 6.21. The van der Waals surface area contributed by atoms with Crippen LogP contribution in [0.5, 0.6) is 11.5 Å². The monoisotopic (exact) mass is 456 g/mol. The van der Waals surface area contributed by atoms with Crippen LogP contribution in [0.25, 0.3) is 22.4 Å². The molecule has 0 radical (unpaired) electrons. The molecular weight excluding hydrogens is 432 g/mol. The lowest BCUT2D eigenvalue weighted by Crippen LogP contribution is -2.40. The van der Waals surface area contributed by atoms with Gasteiger partial charge in [-0.05, 0) is 29.7 Å². The van der Waals surface area contributed by atoms with E-state index >= 15 is 0 Å². The first-order valence-electron chi connectivity index (χ1n) is 11.1. The quantitative estimate of drug-likeness (QED) is 0.375. The Bertz CT molecular complexity index is 1250. The summed E-state index contributed by atoms with van der Waals surface area (Å²) in [6.07, 6.45) is 1.19. The van der Waals surface area contributed by atoms with Crippen molar-refractivity contribution in [2.45, 2.75) is 25.9 Å². The molecule has 0 bridgehead atoms. The number of para-hydroxylation sites is 2. The summed E-state index contributed by atoms with van der Waals surface area (Å²) in [7, 11) is 0. The van der Waals surface area contributed by atoms with Gasteiger partial charge < -0.3 is 9.47 Å². The molecule has 1 atom stereocenters. The molecule has 4 aromatic rings. The van der Waals surface area contributed by atoms with E-state index in [9.17, 15) is 4.79 Å². The van der Waals surface area contributed by atoms with Gasteiger partial charge in [0.1, 0.15) is 6.61 Å². The van der Waals surface area contributed by atoms with E-state index < -0.39 is 6.10 Å². The van der Waals surface area contributed by atoms with E-state index in [1.165, 1.54) is 16.9 Å². The molecule has 1 aliphatic rings. The highest BCUT2D eigenvalue weighted by molar-refractivity contribution is 7.16. The fourth-order valence-electron chi connectivity index (χ4n) is 3.81. The Morgan fingerprint density at radius 1 is 0.939 bits per heavy atom. The number of carbonyl (C=O) groups excluding carboxylic acids is 1. The van der Waals surface area contributed by atoms with Gasteiger partial charge in [0.25, 0.3) is 5.91 Å². The number of ether oxygens (including phenoxy) is 2. The molecule has 0 saturated carbocycles. The van der Waals surface area contributed by atoms with E-state index in [-0.39, 0.29) is 12.5 Å². The Labute approximate surface area is 197 Å². The molecule has 1 N–H and O–H groups in total. The molecule has 1 amide bonds. The third kappa shape index (κ3) is 4.61. The van der Waals surface area contributed by atoms with Crippen LogP contribution in [-0.4, -0.2) is 23.6 Å². The van der Waals surface area contributed by atoms with Crippen molar-refractivity contribution in [3.05, 3.63) is 83.7 Å². The van der Waals surface area contributed by atoms with E-state index in [4.69, 9.17) is 14.5 Å². The number of carbonyl (C=O) groups is 1. The molecule has 33 heavy (non-hydrogen) atoms. The van der Waals surface area contributed by atoms with E-state index in [2.05, 4.69) is 48.6 Å². The average molecular weight is 457 g/mol. The van der Waals surface area contributed by atoms with Crippen molar-refractivity contribution in [2.24, 2.45) is 0 Å². The van der Waals surface area contributed by atoms with Gasteiger partial charge in [-0.3, -0.25) is 10.1 Å². The first-order valence-corrected chi connectivity index (χ1v) is 11.9. The number of aromatic nitrogens is 1. The molecule has 3 aromatic carbocycles. The Morgan fingerprint density at radius 3 is 2.36 bits per heavy atom. The van der Waals surface area contributed by atoms with Crippen LogP contribution in [0.1, 0.15) is 18.2 Å². The summed E-state index contributed by atoms with van der Waals surface area (Å²) >= 11 is 1.52. The van der Waals surface area contributed by atoms with Crippen LogP contribution < -0.4 is 14.8 Å². The fourth-order valence-corrected chi connectivity index (χ4v) is 4.90. The van der Waals surface area contributed by atoms with Gasteiger partial charge >= 0.3 is 0 Å². The lowest BCUT2D eigenvalue weighted by Gasteiger charge is -2.25. The smallest absolute Gasteiger partial charge is 0.270 e. The van der Waals surface area contributed by atoms with Crippen LogP contribution in [0.2, 0.25) is 0 Å². The molecule has 166 valence electrons. The first-order chi connectivity index (χ1) is 16.2. The number of hydrogen-bond acceptors (Lipinski definition) is 5. The van der Waals surface area contributed by atoms with Crippen molar-refractivity contribution in [3.63, 3.8) is 0 Å². The van der Waals surface area contributed by atoms with Crippen LogP contribution >= 0.6 is 11.3 Å². The second-order valence-corrected chi connectivity index (χ2v) is 8.92. The van der Waals surface area contributed by atoms with E-state index in [0.29, 0.717) is 16.6 Å².